The van der Waals surface area contributed by atoms with Crippen LogP contribution >= 0.6 is 0 Å². The molecule has 0 aromatic heterocycles. The molecule has 13 heavy (non-hydrogen) atoms. The molecule has 3 nitrogen and oxygen atoms in total. The molecule has 1 N–H and O–H groups in total. The highest BCUT2D eigenvalue weighted by Gasteiger charge is 2.01. The average molecular weight is 176 g/mol. The van der Waals surface area contributed by atoms with Crippen LogP contribution < -0.4 is 5.43 Å². The molecule has 0 atom stereocenters. The highest BCUT2D eigenvalue weighted by Crippen LogP contribution is 2.02. The summed E-state index contributed by atoms with van der Waals surface area (Å²) in [7, 11) is 0. The molecule has 0 radical (unpaired) electrons. The Morgan fingerprint density at radius 2 is 2.00 bits per heavy atom. The van der Waals surface area contributed by atoms with E-state index in [0.29, 0.717) is 5.56 Å². The quantitative estimate of drug-likeness (QED) is 0.541. The van der Waals surface area contributed by atoms with Crippen LogP contribution in [-0.4, -0.2) is 12.1 Å². The van der Waals surface area contributed by atoms with Gasteiger partial charge in [0.2, 0.25) is 0 Å². The number of hydrogen-bond donors (Lipinski definition) is 1. The standard InChI is InChI=1S/C10H12N2O/c1-3-11-12-10(13)9-6-4-8(2)5-7-9/h3-7H,1-2H3,(H,12,13)/b11-3+. The molecule has 0 bridgehead atoms. The van der Waals surface area contributed by atoms with Gasteiger partial charge in [-0.25, -0.2) is 5.43 Å². The second-order valence-electron chi connectivity index (χ2n) is 2.69. The van der Waals surface area contributed by atoms with E-state index in [0.717, 1.165) is 5.56 Å². The maximum Gasteiger partial charge on any atom is 0.271 e. The Bertz CT molecular complexity index is 314. The number of carbonyl (C=O) groups excluding carboxylic acids is 1. The van der Waals surface area contributed by atoms with E-state index in [1.165, 1.54) is 6.21 Å². The second kappa shape index (κ2) is 4.40. The predicted octanol–water partition coefficient (Wildman–Crippen LogP) is 1.73. The van der Waals surface area contributed by atoms with E-state index in [9.17, 15) is 4.79 Å². The van der Waals surface area contributed by atoms with Crippen molar-refractivity contribution in [2.75, 3.05) is 0 Å². The lowest BCUT2D eigenvalue weighted by Crippen LogP contribution is -2.16. The normalized spacial score (nSPS) is 10.3. The summed E-state index contributed by atoms with van der Waals surface area (Å²) >= 11 is 0. The lowest BCUT2D eigenvalue weighted by atomic mass is 10.1. The summed E-state index contributed by atoms with van der Waals surface area (Å²) in [6.07, 6.45) is 1.53. The molecule has 0 spiro atoms. The molecule has 0 heterocycles. The first-order valence-electron chi connectivity index (χ1n) is 4.08. The van der Waals surface area contributed by atoms with Crippen molar-refractivity contribution in [2.24, 2.45) is 5.10 Å². The van der Waals surface area contributed by atoms with Crippen molar-refractivity contribution in [2.45, 2.75) is 13.8 Å². The summed E-state index contributed by atoms with van der Waals surface area (Å²) in [5.41, 5.74) is 4.15. The first-order chi connectivity index (χ1) is 6.24. The van der Waals surface area contributed by atoms with Gasteiger partial charge in [0.15, 0.2) is 0 Å². The van der Waals surface area contributed by atoms with Crippen LogP contribution in [0.5, 0.6) is 0 Å². The fourth-order valence-corrected chi connectivity index (χ4v) is 0.893. The van der Waals surface area contributed by atoms with Gasteiger partial charge in [0.1, 0.15) is 0 Å². The molecule has 0 saturated carbocycles. The van der Waals surface area contributed by atoms with Gasteiger partial charge in [-0.05, 0) is 26.0 Å². The summed E-state index contributed by atoms with van der Waals surface area (Å²) in [5.74, 6) is -0.182. The van der Waals surface area contributed by atoms with Crippen LogP contribution in [-0.2, 0) is 0 Å². The zero-order valence-corrected chi connectivity index (χ0v) is 7.74. The molecule has 0 aliphatic heterocycles. The SMILES string of the molecule is C/C=N/NC(=O)c1ccc(C)cc1. The number of hydrazone groups is 1. The zero-order valence-electron chi connectivity index (χ0n) is 7.74. The molecule has 3 heteroatoms. The van der Waals surface area contributed by atoms with Crippen LogP contribution in [0.15, 0.2) is 29.4 Å². The number of carbonyl (C=O) groups is 1. The van der Waals surface area contributed by atoms with E-state index in [1.807, 2.05) is 19.1 Å². The minimum absolute atomic E-state index is 0.182. The van der Waals surface area contributed by atoms with Gasteiger partial charge in [-0.15, -0.1) is 0 Å². The van der Waals surface area contributed by atoms with Crippen molar-refractivity contribution >= 4 is 12.1 Å². The van der Waals surface area contributed by atoms with Crippen LogP contribution in [0.25, 0.3) is 0 Å². The van der Waals surface area contributed by atoms with Gasteiger partial charge in [-0.2, -0.15) is 5.10 Å². The second-order valence-corrected chi connectivity index (χ2v) is 2.69. The maximum absolute atomic E-state index is 11.3. The van der Waals surface area contributed by atoms with Gasteiger partial charge < -0.3 is 0 Å². The average Bonchev–Trinajstić information content (AvgIpc) is 2.15. The van der Waals surface area contributed by atoms with Crippen LogP contribution in [0.2, 0.25) is 0 Å². The third-order valence-electron chi connectivity index (χ3n) is 1.61. The van der Waals surface area contributed by atoms with E-state index < -0.39 is 0 Å². The smallest absolute Gasteiger partial charge is 0.267 e. The van der Waals surface area contributed by atoms with E-state index in [2.05, 4.69) is 10.5 Å². The number of rotatable bonds is 2. The van der Waals surface area contributed by atoms with E-state index in [1.54, 1.807) is 19.1 Å². The molecule has 0 saturated heterocycles. The minimum Gasteiger partial charge on any atom is -0.267 e. The van der Waals surface area contributed by atoms with E-state index >= 15 is 0 Å². The fraction of sp³-hybridized carbons (Fsp3) is 0.200. The Balaban J connectivity index is 2.72. The van der Waals surface area contributed by atoms with E-state index in [4.69, 9.17) is 0 Å². The third kappa shape index (κ3) is 2.71. The zero-order chi connectivity index (χ0) is 9.68. The molecule has 1 aromatic carbocycles. The minimum atomic E-state index is -0.182. The fourth-order valence-electron chi connectivity index (χ4n) is 0.893. The van der Waals surface area contributed by atoms with Gasteiger partial charge in [0.05, 0.1) is 0 Å². The highest BCUT2D eigenvalue weighted by molar-refractivity contribution is 5.94. The molecule has 68 valence electrons. The molecule has 0 unspecified atom stereocenters. The Morgan fingerprint density at radius 1 is 1.38 bits per heavy atom. The van der Waals surface area contributed by atoms with Crippen molar-refractivity contribution in [1.29, 1.82) is 0 Å². The van der Waals surface area contributed by atoms with Crippen molar-refractivity contribution < 1.29 is 4.79 Å². The Labute approximate surface area is 77.5 Å². The summed E-state index contributed by atoms with van der Waals surface area (Å²) in [5, 5.41) is 3.65. The van der Waals surface area contributed by atoms with Crippen molar-refractivity contribution in [1.82, 2.24) is 5.43 Å². The molecule has 0 fully saturated rings. The number of benzene rings is 1. The van der Waals surface area contributed by atoms with Gasteiger partial charge in [0.25, 0.3) is 5.91 Å². The van der Waals surface area contributed by atoms with Gasteiger partial charge in [-0.3, -0.25) is 4.79 Å². The molecule has 1 aromatic rings. The van der Waals surface area contributed by atoms with Crippen molar-refractivity contribution in [3.8, 4) is 0 Å². The van der Waals surface area contributed by atoms with Crippen molar-refractivity contribution in [3.05, 3.63) is 35.4 Å². The molecule has 1 amide bonds. The summed E-state index contributed by atoms with van der Waals surface area (Å²) in [4.78, 5) is 11.3. The maximum atomic E-state index is 11.3. The Morgan fingerprint density at radius 3 is 2.54 bits per heavy atom. The molecular formula is C10H12N2O. The van der Waals surface area contributed by atoms with Gasteiger partial charge in [-0.1, -0.05) is 17.7 Å². The lowest BCUT2D eigenvalue weighted by molar-refractivity contribution is 0.0955. The number of nitrogens with one attached hydrogen (secondary N) is 1. The predicted molar refractivity (Wildman–Crippen MR) is 52.8 cm³/mol. The Kier molecular flexibility index (Phi) is 3.20. The van der Waals surface area contributed by atoms with Crippen LogP contribution in [0.1, 0.15) is 22.8 Å². The molecule has 0 aliphatic rings. The third-order valence-corrected chi connectivity index (χ3v) is 1.61. The topological polar surface area (TPSA) is 41.5 Å². The van der Waals surface area contributed by atoms with E-state index in [-0.39, 0.29) is 5.91 Å². The van der Waals surface area contributed by atoms with Crippen molar-refractivity contribution in [3.63, 3.8) is 0 Å². The lowest BCUT2D eigenvalue weighted by Gasteiger charge is -1.99. The highest BCUT2D eigenvalue weighted by atomic mass is 16.2. The monoisotopic (exact) mass is 176 g/mol. The first kappa shape index (κ1) is 9.45. The number of aryl methyl sites for hydroxylation is 1. The number of nitrogens with zero attached hydrogens (tertiary/aromatic N) is 1. The van der Waals surface area contributed by atoms with Crippen LogP contribution in [0.3, 0.4) is 0 Å². The summed E-state index contributed by atoms with van der Waals surface area (Å²) < 4.78 is 0. The van der Waals surface area contributed by atoms with Crippen LogP contribution in [0.4, 0.5) is 0 Å². The largest absolute Gasteiger partial charge is 0.271 e. The van der Waals surface area contributed by atoms with Gasteiger partial charge >= 0.3 is 0 Å². The van der Waals surface area contributed by atoms with Crippen LogP contribution in [0, 0.1) is 6.92 Å². The molecular weight excluding hydrogens is 164 g/mol. The Hall–Kier alpha value is -1.64. The summed E-state index contributed by atoms with van der Waals surface area (Å²) in [6, 6.07) is 7.33. The van der Waals surface area contributed by atoms with Gasteiger partial charge in [0, 0.05) is 11.8 Å². The first-order valence-corrected chi connectivity index (χ1v) is 4.08. The molecule has 0 aliphatic carbocycles. The molecule has 1 rings (SSSR count). The number of hydrogen-bond acceptors (Lipinski definition) is 2. The number of amides is 1. The summed E-state index contributed by atoms with van der Waals surface area (Å²) in [6.45, 7) is 3.72.